The zero-order valence-corrected chi connectivity index (χ0v) is 10.2. The van der Waals surface area contributed by atoms with Crippen LogP contribution < -0.4 is 0 Å². The van der Waals surface area contributed by atoms with E-state index in [4.69, 9.17) is 15.5 Å². The molecule has 3 N–H and O–H groups in total. The summed E-state index contributed by atoms with van der Waals surface area (Å²) >= 11 is 0. The highest BCUT2D eigenvalue weighted by atomic mass is 17.6. The Labute approximate surface area is 102 Å². The van der Waals surface area contributed by atoms with E-state index in [1.165, 1.54) is 0 Å². The van der Waals surface area contributed by atoms with Gasteiger partial charge in [0.25, 0.3) is 0 Å². The summed E-state index contributed by atoms with van der Waals surface area (Å²) in [7, 11) is 0. The van der Waals surface area contributed by atoms with Gasteiger partial charge in [-0.3, -0.25) is 0 Å². The van der Waals surface area contributed by atoms with Gasteiger partial charge in [0, 0.05) is 13.2 Å². The molecule has 0 radical (unpaired) electrons. The van der Waals surface area contributed by atoms with Gasteiger partial charge in [0.2, 0.25) is 0 Å². The molecule has 0 rings (SSSR count). The van der Waals surface area contributed by atoms with Crippen molar-refractivity contribution in [2.24, 2.45) is 5.92 Å². The van der Waals surface area contributed by atoms with Gasteiger partial charge in [0.05, 0.1) is 6.61 Å². The smallest absolute Gasteiger partial charge is 0.0854 e. The lowest BCUT2D eigenvalue weighted by Gasteiger charge is -2.13. The van der Waals surface area contributed by atoms with Crippen LogP contribution >= 0.6 is 0 Å². The summed E-state index contributed by atoms with van der Waals surface area (Å²) < 4.78 is 0. The van der Waals surface area contributed by atoms with Crippen LogP contribution in [0.1, 0.15) is 44.9 Å². The Morgan fingerprint density at radius 2 is 1.47 bits per heavy atom. The van der Waals surface area contributed by atoms with Crippen molar-refractivity contribution in [3.8, 4) is 0 Å². The van der Waals surface area contributed by atoms with Crippen LogP contribution in [-0.4, -0.2) is 35.3 Å². The fraction of sp³-hybridized carbons (Fsp3) is 1.00. The highest BCUT2D eigenvalue weighted by Crippen LogP contribution is 2.17. The summed E-state index contributed by atoms with van der Waals surface area (Å²) in [6.07, 6.45) is 6.60. The van der Waals surface area contributed by atoms with Crippen molar-refractivity contribution in [3.05, 3.63) is 0 Å². The van der Waals surface area contributed by atoms with E-state index in [-0.39, 0.29) is 13.2 Å². The number of aliphatic hydroxyl groups excluding tert-OH is 2. The molecule has 0 aliphatic carbocycles. The molecule has 17 heavy (non-hydrogen) atoms. The van der Waals surface area contributed by atoms with E-state index < -0.39 is 0 Å². The number of rotatable bonds is 13. The first-order valence-corrected chi connectivity index (χ1v) is 6.16. The molecular formula is C11H24O6. The average molecular weight is 252 g/mol. The minimum Gasteiger partial charge on any atom is -0.396 e. The third-order valence-corrected chi connectivity index (χ3v) is 2.74. The van der Waals surface area contributed by atoms with Crippen LogP contribution in [0.3, 0.4) is 0 Å². The minimum absolute atomic E-state index is 0.191. The summed E-state index contributed by atoms with van der Waals surface area (Å²) in [6.45, 7) is 0.769. The van der Waals surface area contributed by atoms with Crippen LogP contribution in [0.25, 0.3) is 0 Å². The maximum Gasteiger partial charge on any atom is 0.0854 e. The largest absolute Gasteiger partial charge is 0.396 e. The van der Waals surface area contributed by atoms with Crippen molar-refractivity contribution in [2.75, 3.05) is 19.8 Å². The van der Waals surface area contributed by atoms with E-state index in [0.29, 0.717) is 12.5 Å². The van der Waals surface area contributed by atoms with Gasteiger partial charge in [0.1, 0.15) is 0 Å². The van der Waals surface area contributed by atoms with Gasteiger partial charge in [0.15, 0.2) is 0 Å². The molecule has 0 spiro atoms. The molecule has 0 fully saturated rings. The van der Waals surface area contributed by atoms with E-state index in [2.05, 4.69) is 15.0 Å². The van der Waals surface area contributed by atoms with Crippen LogP contribution in [0.4, 0.5) is 0 Å². The van der Waals surface area contributed by atoms with E-state index in [1.807, 2.05) is 0 Å². The molecule has 0 atom stereocenters. The van der Waals surface area contributed by atoms with Gasteiger partial charge in [-0.25, -0.2) is 10.1 Å². The third kappa shape index (κ3) is 12.0. The van der Waals surface area contributed by atoms with Crippen LogP contribution in [-0.2, 0) is 15.0 Å². The number of hydrogen-bond acceptors (Lipinski definition) is 6. The molecule has 0 bridgehead atoms. The van der Waals surface area contributed by atoms with Crippen molar-refractivity contribution < 1.29 is 30.4 Å². The van der Waals surface area contributed by atoms with Crippen LogP contribution in [0, 0.1) is 5.92 Å². The summed E-state index contributed by atoms with van der Waals surface area (Å²) in [5, 5.41) is 32.6. The number of aliphatic hydroxyl groups is 2. The van der Waals surface area contributed by atoms with E-state index in [0.717, 1.165) is 44.9 Å². The SMILES string of the molecule is OCCC(CCO)CCCCCCOOOO. The molecule has 0 aliphatic heterocycles. The average Bonchev–Trinajstić information content (AvgIpc) is 2.33. The van der Waals surface area contributed by atoms with E-state index in [9.17, 15) is 0 Å². The molecule has 0 aromatic carbocycles. The standard InChI is InChI=1S/C11H24O6/c12-8-6-11(7-9-13)5-3-1-2-4-10-15-17-16-14/h11-14H,1-10H2. The topological polar surface area (TPSA) is 88.4 Å². The third-order valence-electron chi connectivity index (χ3n) is 2.74. The second-order valence-electron chi connectivity index (χ2n) is 4.06. The van der Waals surface area contributed by atoms with Crippen molar-refractivity contribution in [1.29, 1.82) is 0 Å². The summed E-state index contributed by atoms with van der Waals surface area (Å²) in [5.41, 5.74) is 0. The van der Waals surface area contributed by atoms with E-state index in [1.54, 1.807) is 0 Å². The molecule has 6 heteroatoms. The van der Waals surface area contributed by atoms with Gasteiger partial charge in [-0.2, -0.15) is 0 Å². The molecule has 0 saturated carbocycles. The lowest BCUT2D eigenvalue weighted by molar-refractivity contribution is -0.623. The zero-order chi connectivity index (χ0) is 12.8. The van der Waals surface area contributed by atoms with Crippen molar-refractivity contribution in [1.82, 2.24) is 0 Å². The van der Waals surface area contributed by atoms with Gasteiger partial charge in [-0.1, -0.05) is 25.7 Å². The van der Waals surface area contributed by atoms with Crippen LogP contribution in [0.5, 0.6) is 0 Å². The van der Waals surface area contributed by atoms with Crippen LogP contribution in [0.2, 0.25) is 0 Å². The normalized spacial score (nSPS) is 11.3. The summed E-state index contributed by atoms with van der Waals surface area (Å²) in [6, 6.07) is 0. The first kappa shape index (κ1) is 16.8. The number of unbranched alkanes of at least 4 members (excludes halogenated alkanes) is 3. The Hall–Kier alpha value is -0.240. The predicted octanol–water partition coefficient (Wildman–Crippen LogP) is 1.67. The molecule has 104 valence electrons. The number of hydrogen-bond donors (Lipinski definition) is 3. The summed E-state index contributed by atoms with van der Waals surface area (Å²) in [5.74, 6) is 0.423. The molecule has 0 aliphatic rings. The van der Waals surface area contributed by atoms with E-state index >= 15 is 0 Å². The fourth-order valence-corrected chi connectivity index (χ4v) is 1.80. The zero-order valence-electron chi connectivity index (χ0n) is 10.2. The minimum atomic E-state index is 0.191. The Kier molecular flexibility index (Phi) is 13.6. The highest BCUT2D eigenvalue weighted by molar-refractivity contribution is 4.59. The molecule has 0 unspecified atom stereocenters. The van der Waals surface area contributed by atoms with Gasteiger partial charge in [-0.05, 0) is 35.3 Å². The lowest BCUT2D eigenvalue weighted by Crippen LogP contribution is -2.05. The lowest BCUT2D eigenvalue weighted by atomic mass is 9.95. The first-order chi connectivity index (χ1) is 8.35. The maximum atomic E-state index is 8.84. The van der Waals surface area contributed by atoms with Gasteiger partial charge < -0.3 is 10.2 Å². The Balaban J connectivity index is 3.23. The molecule has 0 aromatic rings. The van der Waals surface area contributed by atoms with Gasteiger partial charge in [-0.15, -0.1) is 0 Å². The maximum absolute atomic E-state index is 8.84. The molecule has 0 heterocycles. The Morgan fingerprint density at radius 3 is 2.06 bits per heavy atom. The van der Waals surface area contributed by atoms with Crippen molar-refractivity contribution in [3.63, 3.8) is 0 Å². The molecule has 0 amide bonds. The molecule has 6 nitrogen and oxygen atoms in total. The second-order valence-corrected chi connectivity index (χ2v) is 4.06. The Bertz CT molecular complexity index is 138. The first-order valence-electron chi connectivity index (χ1n) is 6.16. The molecule has 0 aromatic heterocycles. The predicted molar refractivity (Wildman–Crippen MR) is 60.7 cm³/mol. The Morgan fingerprint density at radius 1 is 0.824 bits per heavy atom. The molecular weight excluding hydrogens is 228 g/mol. The summed E-state index contributed by atoms with van der Waals surface area (Å²) in [4.78, 5) is 4.45. The van der Waals surface area contributed by atoms with Crippen molar-refractivity contribution in [2.45, 2.75) is 44.9 Å². The van der Waals surface area contributed by atoms with Crippen molar-refractivity contribution >= 4 is 0 Å². The molecule has 0 saturated heterocycles. The fourth-order valence-electron chi connectivity index (χ4n) is 1.80. The monoisotopic (exact) mass is 252 g/mol. The van der Waals surface area contributed by atoms with Gasteiger partial charge >= 0.3 is 0 Å². The highest BCUT2D eigenvalue weighted by Gasteiger charge is 2.06. The second kappa shape index (κ2) is 13.8. The quantitative estimate of drug-likeness (QED) is 0.262. The van der Waals surface area contributed by atoms with Crippen LogP contribution in [0.15, 0.2) is 0 Å².